The molecule has 0 spiro atoms. The van der Waals surface area contributed by atoms with E-state index >= 15 is 0 Å². The van der Waals surface area contributed by atoms with Crippen LogP contribution < -0.4 is 9.47 Å². The molecule has 86 valence electrons. The summed E-state index contributed by atoms with van der Waals surface area (Å²) in [6.45, 7) is 9.69. The van der Waals surface area contributed by atoms with Gasteiger partial charge >= 0.3 is 0 Å². The Bertz CT molecular complexity index is 424. The average molecular weight is 218 g/mol. The molecule has 0 saturated heterocycles. The fourth-order valence-electron chi connectivity index (χ4n) is 1.51. The van der Waals surface area contributed by atoms with Gasteiger partial charge in [-0.3, -0.25) is 0 Å². The Morgan fingerprint density at radius 3 is 2.38 bits per heavy atom. The minimum Gasteiger partial charge on any atom is -0.451 e. The Morgan fingerprint density at radius 2 is 1.75 bits per heavy atom. The quantitative estimate of drug-likeness (QED) is 0.620. The fourth-order valence-corrected chi connectivity index (χ4v) is 1.51. The van der Waals surface area contributed by atoms with Gasteiger partial charge in [0.1, 0.15) is 0 Å². The van der Waals surface area contributed by atoms with Crippen molar-refractivity contribution in [1.29, 1.82) is 0 Å². The molecule has 1 heterocycles. The molecule has 16 heavy (non-hydrogen) atoms. The highest BCUT2D eigenvalue weighted by Crippen LogP contribution is 2.40. The lowest BCUT2D eigenvalue weighted by Crippen LogP contribution is -2.11. The summed E-state index contributed by atoms with van der Waals surface area (Å²) in [7, 11) is 0. The van der Waals surface area contributed by atoms with Crippen LogP contribution in [-0.4, -0.2) is 6.29 Å². The summed E-state index contributed by atoms with van der Waals surface area (Å²) >= 11 is 0. The van der Waals surface area contributed by atoms with Crippen molar-refractivity contribution in [1.82, 2.24) is 0 Å². The van der Waals surface area contributed by atoms with Gasteiger partial charge in [0, 0.05) is 6.92 Å². The Kier molecular flexibility index (Phi) is 4.25. The van der Waals surface area contributed by atoms with Crippen LogP contribution >= 0.6 is 0 Å². The average Bonchev–Trinajstić information content (AvgIpc) is 2.68. The highest BCUT2D eigenvalue weighted by atomic mass is 16.7. The molecule has 0 saturated carbocycles. The molecular formula is C14H18O2. The van der Waals surface area contributed by atoms with Crippen molar-refractivity contribution in [2.24, 2.45) is 0 Å². The number of aryl methyl sites for hydroxylation is 1. The van der Waals surface area contributed by atoms with Crippen LogP contribution in [0.25, 0.3) is 0 Å². The fraction of sp³-hybridized carbons (Fsp3) is 0.429. The van der Waals surface area contributed by atoms with E-state index in [1.807, 2.05) is 46.8 Å². The molecule has 1 aliphatic heterocycles. The lowest BCUT2D eigenvalue weighted by Gasteiger charge is -2.01. The zero-order valence-corrected chi connectivity index (χ0v) is 10.5. The van der Waals surface area contributed by atoms with Crippen molar-refractivity contribution >= 4 is 0 Å². The lowest BCUT2D eigenvalue weighted by atomic mass is 10.1. The van der Waals surface area contributed by atoms with Gasteiger partial charge in [0.25, 0.3) is 0 Å². The van der Waals surface area contributed by atoms with Crippen LogP contribution in [0.4, 0.5) is 0 Å². The van der Waals surface area contributed by atoms with E-state index in [0.717, 1.165) is 22.6 Å². The number of hydrogen-bond acceptors (Lipinski definition) is 2. The van der Waals surface area contributed by atoms with E-state index in [-0.39, 0.29) is 6.29 Å². The minimum absolute atomic E-state index is 0.205. The first-order chi connectivity index (χ1) is 7.72. The molecule has 0 aromatic heterocycles. The van der Waals surface area contributed by atoms with Gasteiger partial charge in [0.2, 0.25) is 6.29 Å². The summed E-state index contributed by atoms with van der Waals surface area (Å²) in [5, 5.41) is 0. The first-order valence-corrected chi connectivity index (χ1v) is 5.62. The summed E-state index contributed by atoms with van der Waals surface area (Å²) in [5.41, 5.74) is 1.99. The van der Waals surface area contributed by atoms with Gasteiger partial charge in [-0.2, -0.15) is 0 Å². The molecule has 1 aromatic rings. The molecule has 0 amide bonds. The SMILES string of the molecule is CC.CC#Cc1ccc(C)c2c1OC(C)O2. The van der Waals surface area contributed by atoms with Crippen molar-refractivity contribution in [2.45, 2.75) is 40.9 Å². The zero-order chi connectivity index (χ0) is 12.1. The third kappa shape index (κ3) is 2.30. The summed E-state index contributed by atoms with van der Waals surface area (Å²) in [6, 6.07) is 3.96. The standard InChI is InChI=1S/C12H12O2.C2H6/c1-4-5-10-7-6-8(2)11-12(10)14-9(3)13-11;1-2/h6-7,9H,1-3H3;1-2H3. The number of rotatable bonds is 0. The molecule has 1 atom stereocenters. The van der Waals surface area contributed by atoms with Crippen LogP contribution in [0.3, 0.4) is 0 Å². The number of fused-ring (bicyclic) bond motifs is 1. The topological polar surface area (TPSA) is 18.5 Å². The highest BCUT2D eigenvalue weighted by molar-refractivity contribution is 5.58. The van der Waals surface area contributed by atoms with E-state index < -0.39 is 0 Å². The van der Waals surface area contributed by atoms with Gasteiger partial charge in [-0.1, -0.05) is 25.8 Å². The Hall–Kier alpha value is -1.62. The van der Waals surface area contributed by atoms with Gasteiger partial charge < -0.3 is 9.47 Å². The van der Waals surface area contributed by atoms with Gasteiger partial charge in [-0.05, 0) is 25.5 Å². The number of benzene rings is 1. The summed E-state index contributed by atoms with van der Waals surface area (Å²) < 4.78 is 11.1. The first kappa shape index (κ1) is 12.4. The number of ether oxygens (including phenoxy) is 2. The predicted octanol–water partition coefficient (Wildman–Crippen LogP) is 3.51. The highest BCUT2D eigenvalue weighted by Gasteiger charge is 2.24. The largest absolute Gasteiger partial charge is 0.451 e. The maximum atomic E-state index is 5.55. The molecule has 0 N–H and O–H groups in total. The van der Waals surface area contributed by atoms with E-state index in [1.165, 1.54) is 0 Å². The van der Waals surface area contributed by atoms with Crippen molar-refractivity contribution < 1.29 is 9.47 Å². The van der Waals surface area contributed by atoms with Crippen molar-refractivity contribution in [2.75, 3.05) is 0 Å². The van der Waals surface area contributed by atoms with Crippen LogP contribution in [0.5, 0.6) is 11.5 Å². The molecular weight excluding hydrogens is 200 g/mol. The van der Waals surface area contributed by atoms with Crippen LogP contribution in [0.15, 0.2) is 12.1 Å². The van der Waals surface area contributed by atoms with Crippen molar-refractivity contribution in [3.63, 3.8) is 0 Å². The summed E-state index contributed by atoms with van der Waals surface area (Å²) in [4.78, 5) is 0. The van der Waals surface area contributed by atoms with E-state index in [9.17, 15) is 0 Å². The van der Waals surface area contributed by atoms with Gasteiger partial charge in [0.05, 0.1) is 5.56 Å². The molecule has 0 radical (unpaired) electrons. The van der Waals surface area contributed by atoms with Crippen LogP contribution in [0.2, 0.25) is 0 Å². The van der Waals surface area contributed by atoms with Crippen molar-refractivity contribution in [3.8, 4) is 23.3 Å². The lowest BCUT2D eigenvalue weighted by molar-refractivity contribution is 0.0674. The normalized spacial score (nSPS) is 15.7. The molecule has 2 nitrogen and oxygen atoms in total. The third-order valence-corrected chi connectivity index (χ3v) is 2.14. The molecule has 0 bridgehead atoms. The second-order valence-corrected chi connectivity index (χ2v) is 3.27. The molecule has 2 heteroatoms. The zero-order valence-electron chi connectivity index (χ0n) is 10.5. The second-order valence-electron chi connectivity index (χ2n) is 3.27. The van der Waals surface area contributed by atoms with Crippen LogP contribution in [0, 0.1) is 18.8 Å². The Labute approximate surface area is 97.6 Å². The predicted molar refractivity (Wildman–Crippen MR) is 65.8 cm³/mol. The van der Waals surface area contributed by atoms with E-state index in [0.29, 0.717) is 0 Å². The van der Waals surface area contributed by atoms with Gasteiger partial charge in [-0.25, -0.2) is 0 Å². The molecule has 1 aromatic carbocycles. The minimum atomic E-state index is -0.205. The smallest absolute Gasteiger partial charge is 0.238 e. The first-order valence-electron chi connectivity index (χ1n) is 5.62. The molecule has 1 unspecified atom stereocenters. The third-order valence-electron chi connectivity index (χ3n) is 2.14. The van der Waals surface area contributed by atoms with E-state index in [2.05, 4.69) is 11.8 Å². The van der Waals surface area contributed by atoms with E-state index in [1.54, 1.807) is 0 Å². The van der Waals surface area contributed by atoms with Crippen LogP contribution in [-0.2, 0) is 0 Å². The Morgan fingerprint density at radius 1 is 1.12 bits per heavy atom. The molecule has 2 rings (SSSR count). The van der Waals surface area contributed by atoms with Gasteiger partial charge in [0.15, 0.2) is 11.5 Å². The van der Waals surface area contributed by atoms with E-state index in [4.69, 9.17) is 9.47 Å². The summed E-state index contributed by atoms with van der Waals surface area (Å²) in [6.07, 6.45) is -0.205. The van der Waals surface area contributed by atoms with Crippen LogP contribution in [0.1, 0.15) is 38.8 Å². The molecule has 0 aliphatic carbocycles. The van der Waals surface area contributed by atoms with Gasteiger partial charge in [-0.15, -0.1) is 5.92 Å². The summed E-state index contributed by atoms with van der Waals surface area (Å²) in [5.74, 6) is 7.48. The Balaban J connectivity index is 0.000000606. The second kappa shape index (κ2) is 5.46. The molecule has 0 fully saturated rings. The maximum absolute atomic E-state index is 5.55. The molecule has 1 aliphatic rings. The maximum Gasteiger partial charge on any atom is 0.238 e. The monoisotopic (exact) mass is 218 g/mol. The van der Waals surface area contributed by atoms with Crippen molar-refractivity contribution in [3.05, 3.63) is 23.3 Å². The number of hydrogen-bond donors (Lipinski definition) is 0.